The van der Waals surface area contributed by atoms with E-state index in [4.69, 9.17) is 0 Å². The zero-order valence-corrected chi connectivity index (χ0v) is 10.9. The lowest BCUT2D eigenvalue weighted by molar-refractivity contribution is -0.125. The van der Waals surface area contributed by atoms with Crippen LogP contribution in [-0.2, 0) is 4.79 Å². The summed E-state index contributed by atoms with van der Waals surface area (Å²) in [5, 5.41) is 6.20. The van der Waals surface area contributed by atoms with Gasteiger partial charge in [0.2, 0.25) is 5.91 Å². The van der Waals surface area contributed by atoms with Gasteiger partial charge in [0.25, 0.3) is 0 Å². The molecule has 1 fully saturated rings. The number of rotatable bonds is 5. The summed E-state index contributed by atoms with van der Waals surface area (Å²) in [7, 11) is 1.88. The molecule has 0 aliphatic heterocycles. The summed E-state index contributed by atoms with van der Waals surface area (Å²) >= 11 is 0. The molecule has 1 aliphatic carbocycles. The molecule has 0 heterocycles. The Hall–Kier alpha value is -0.570. The van der Waals surface area contributed by atoms with Crippen LogP contribution in [0.1, 0.15) is 46.0 Å². The fraction of sp³-hybridized carbons (Fsp3) is 0.923. The minimum Gasteiger partial charge on any atom is -0.353 e. The lowest BCUT2D eigenvalue weighted by Gasteiger charge is -2.29. The first-order valence-corrected chi connectivity index (χ1v) is 6.60. The third-order valence-electron chi connectivity index (χ3n) is 3.68. The van der Waals surface area contributed by atoms with Crippen LogP contribution in [0.5, 0.6) is 0 Å². The van der Waals surface area contributed by atoms with Crippen LogP contribution in [-0.4, -0.2) is 25.5 Å². The molecule has 0 aromatic rings. The fourth-order valence-corrected chi connectivity index (χ4v) is 2.52. The second-order valence-corrected chi connectivity index (χ2v) is 5.15. The number of carbonyl (C=O) groups is 1. The van der Waals surface area contributed by atoms with Gasteiger partial charge in [-0.05, 0) is 32.7 Å². The van der Waals surface area contributed by atoms with Gasteiger partial charge in [0.05, 0.1) is 0 Å². The largest absolute Gasteiger partial charge is 0.353 e. The van der Waals surface area contributed by atoms with Gasteiger partial charge < -0.3 is 10.6 Å². The zero-order valence-electron chi connectivity index (χ0n) is 10.9. The van der Waals surface area contributed by atoms with Crippen molar-refractivity contribution in [3.05, 3.63) is 0 Å². The number of nitrogens with one attached hydrogen (secondary N) is 2. The number of carbonyl (C=O) groups excluding carboxylic acids is 1. The van der Waals surface area contributed by atoms with Crippen molar-refractivity contribution in [2.75, 3.05) is 13.6 Å². The first-order valence-electron chi connectivity index (χ1n) is 6.60. The summed E-state index contributed by atoms with van der Waals surface area (Å²) in [4.78, 5) is 11.8. The van der Waals surface area contributed by atoms with Crippen LogP contribution in [0.15, 0.2) is 0 Å². The molecule has 1 unspecified atom stereocenters. The maximum Gasteiger partial charge on any atom is 0.224 e. The minimum atomic E-state index is 0.0658. The molecule has 1 amide bonds. The van der Waals surface area contributed by atoms with E-state index in [0.717, 1.165) is 6.54 Å². The topological polar surface area (TPSA) is 41.1 Å². The molecule has 0 radical (unpaired) electrons. The van der Waals surface area contributed by atoms with Crippen molar-refractivity contribution in [2.24, 2.45) is 11.8 Å². The summed E-state index contributed by atoms with van der Waals surface area (Å²) in [5.41, 5.74) is 0. The van der Waals surface area contributed by atoms with Crippen LogP contribution in [0, 0.1) is 11.8 Å². The zero-order chi connectivity index (χ0) is 12.0. The third kappa shape index (κ3) is 4.12. The van der Waals surface area contributed by atoms with Gasteiger partial charge in [-0.15, -0.1) is 0 Å². The summed E-state index contributed by atoms with van der Waals surface area (Å²) < 4.78 is 0. The van der Waals surface area contributed by atoms with Crippen LogP contribution in [0.2, 0.25) is 0 Å². The SMILES string of the molecule is CNCC(C)C(=O)N[C@H](C)C1CCCCC1. The highest BCUT2D eigenvalue weighted by Gasteiger charge is 2.22. The minimum absolute atomic E-state index is 0.0658. The van der Waals surface area contributed by atoms with E-state index in [1.807, 2.05) is 14.0 Å². The standard InChI is InChI=1S/C13H26N2O/c1-10(9-14-3)13(16)15-11(2)12-7-5-4-6-8-12/h10-12,14H,4-9H2,1-3H3,(H,15,16)/t10?,11-/m1/s1. The van der Waals surface area contributed by atoms with Crippen molar-refractivity contribution in [2.45, 2.75) is 52.0 Å². The molecule has 0 aromatic carbocycles. The quantitative estimate of drug-likeness (QED) is 0.752. The van der Waals surface area contributed by atoms with Crippen molar-refractivity contribution in [3.8, 4) is 0 Å². The highest BCUT2D eigenvalue weighted by molar-refractivity contribution is 5.78. The molecule has 0 saturated heterocycles. The molecular weight excluding hydrogens is 200 g/mol. The predicted molar refractivity (Wildman–Crippen MR) is 67.3 cm³/mol. The predicted octanol–water partition coefficient (Wildman–Crippen LogP) is 1.93. The summed E-state index contributed by atoms with van der Waals surface area (Å²) in [6.07, 6.45) is 6.59. The molecule has 3 heteroatoms. The van der Waals surface area contributed by atoms with Gasteiger partial charge in [-0.3, -0.25) is 4.79 Å². The normalized spacial score (nSPS) is 21.4. The van der Waals surface area contributed by atoms with Gasteiger partial charge >= 0.3 is 0 Å². The lowest BCUT2D eigenvalue weighted by atomic mass is 9.84. The van der Waals surface area contributed by atoms with Crippen LogP contribution in [0.3, 0.4) is 0 Å². The first-order chi connectivity index (χ1) is 7.65. The Kier molecular flexibility index (Phi) is 5.81. The Morgan fingerprint density at radius 3 is 2.44 bits per heavy atom. The lowest BCUT2D eigenvalue weighted by Crippen LogP contribution is -2.43. The number of hydrogen-bond donors (Lipinski definition) is 2. The van der Waals surface area contributed by atoms with E-state index in [0.29, 0.717) is 12.0 Å². The smallest absolute Gasteiger partial charge is 0.224 e. The van der Waals surface area contributed by atoms with Crippen molar-refractivity contribution in [1.82, 2.24) is 10.6 Å². The van der Waals surface area contributed by atoms with Gasteiger partial charge in [0.1, 0.15) is 0 Å². The Labute approximate surface area is 99.4 Å². The van der Waals surface area contributed by atoms with Gasteiger partial charge in [-0.2, -0.15) is 0 Å². The van der Waals surface area contributed by atoms with Gasteiger partial charge in [-0.25, -0.2) is 0 Å². The maximum absolute atomic E-state index is 11.8. The monoisotopic (exact) mass is 226 g/mol. The molecular formula is C13H26N2O. The number of hydrogen-bond acceptors (Lipinski definition) is 2. The van der Waals surface area contributed by atoms with Crippen molar-refractivity contribution < 1.29 is 4.79 Å². The third-order valence-corrected chi connectivity index (χ3v) is 3.68. The van der Waals surface area contributed by atoms with E-state index < -0.39 is 0 Å². The molecule has 94 valence electrons. The maximum atomic E-state index is 11.8. The van der Waals surface area contributed by atoms with Crippen LogP contribution < -0.4 is 10.6 Å². The Morgan fingerprint density at radius 1 is 1.25 bits per heavy atom. The molecule has 2 atom stereocenters. The van der Waals surface area contributed by atoms with Crippen LogP contribution in [0.25, 0.3) is 0 Å². The van der Waals surface area contributed by atoms with Crippen LogP contribution >= 0.6 is 0 Å². The van der Waals surface area contributed by atoms with E-state index in [2.05, 4.69) is 17.6 Å². The van der Waals surface area contributed by atoms with Crippen molar-refractivity contribution in [1.29, 1.82) is 0 Å². The van der Waals surface area contributed by atoms with Crippen molar-refractivity contribution >= 4 is 5.91 Å². The molecule has 1 saturated carbocycles. The number of amides is 1. The Balaban J connectivity index is 2.31. The van der Waals surface area contributed by atoms with Crippen molar-refractivity contribution in [3.63, 3.8) is 0 Å². The molecule has 0 aromatic heterocycles. The van der Waals surface area contributed by atoms with E-state index in [1.54, 1.807) is 0 Å². The van der Waals surface area contributed by atoms with E-state index in [1.165, 1.54) is 32.1 Å². The highest BCUT2D eigenvalue weighted by Crippen LogP contribution is 2.26. The van der Waals surface area contributed by atoms with E-state index in [9.17, 15) is 4.79 Å². The van der Waals surface area contributed by atoms with Crippen LogP contribution in [0.4, 0.5) is 0 Å². The molecule has 1 aliphatic rings. The average molecular weight is 226 g/mol. The molecule has 1 rings (SSSR count). The average Bonchev–Trinajstić information content (AvgIpc) is 2.30. The van der Waals surface area contributed by atoms with Gasteiger partial charge in [0.15, 0.2) is 0 Å². The summed E-state index contributed by atoms with van der Waals surface area (Å²) in [6.45, 7) is 4.88. The van der Waals surface area contributed by atoms with Gasteiger partial charge in [-0.1, -0.05) is 26.2 Å². The Bertz CT molecular complexity index is 212. The van der Waals surface area contributed by atoms with E-state index in [-0.39, 0.29) is 11.8 Å². The first kappa shape index (κ1) is 13.5. The second-order valence-electron chi connectivity index (χ2n) is 5.15. The molecule has 16 heavy (non-hydrogen) atoms. The second kappa shape index (κ2) is 6.89. The summed E-state index contributed by atoms with van der Waals surface area (Å²) in [5.74, 6) is 0.947. The van der Waals surface area contributed by atoms with E-state index >= 15 is 0 Å². The fourth-order valence-electron chi connectivity index (χ4n) is 2.52. The Morgan fingerprint density at radius 2 is 1.88 bits per heavy atom. The molecule has 2 N–H and O–H groups in total. The molecule has 0 bridgehead atoms. The summed E-state index contributed by atoms with van der Waals surface area (Å²) in [6, 6.07) is 0.340. The highest BCUT2D eigenvalue weighted by atomic mass is 16.1. The molecule has 3 nitrogen and oxygen atoms in total. The molecule has 0 spiro atoms. The van der Waals surface area contributed by atoms with Gasteiger partial charge in [0, 0.05) is 18.5 Å².